The SMILES string of the molecule is O=C(Nc1ccc(-c2nnco2)cc1)c1csc(Br)c1. The first-order chi connectivity index (χ1) is 9.72. The maximum Gasteiger partial charge on any atom is 0.256 e. The first kappa shape index (κ1) is 13.0. The lowest BCUT2D eigenvalue weighted by atomic mass is 10.2. The Morgan fingerprint density at radius 3 is 2.70 bits per heavy atom. The fraction of sp³-hybridized carbons (Fsp3) is 0. The Bertz CT molecular complexity index is 722. The number of nitrogens with one attached hydrogen (secondary N) is 1. The van der Waals surface area contributed by atoms with Crippen LogP contribution in [0.2, 0.25) is 0 Å². The van der Waals surface area contributed by atoms with Crippen molar-refractivity contribution in [2.24, 2.45) is 0 Å². The molecular formula is C13H8BrN3O2S. The molecule has 2 heterocycles. The first-order valence-corrected chi connectivity index (χ1v) is 7.31. The van der Waals surface area contributed by atoms with Crippen LogP contribution >= 0.6 is 27.3 Å². The minimum atomic E-state index is -0.141. The third-order valence-corrected chi connectivity index (χ3v) is 4.08. The summed E-state index contributed by atoms with van der Waals surface area (Å²) in [5.41, 5.74) is 2.14. The lowest BCUT2D eigenvalue weighted by Gasteiger charge is -2.04. The molecule has 1 amide bonds. The van der Waals surface area contributed by atoms with E-state index in [4.69, 9.17) is 4.42 Å². The fourth-order valence-electron chi connectivity index (χ4n) is 1.63. The second kappa shape index (κ2) is 5.56. The van der Waals surface area contributed by atoms with Crippen LogP contribution < -0.4 is 5.32 Å². The molecule has 0 bridgehead atoms. The summed E-state index contributed by atoms with van der Waals surface area (Å²) in [7, 11) is 0. The molecule has 0 aliphatic rings. The second-order valence-electron chi connectivity index (χ2n) is 3.91. The molecule has 20 heavy (non-hydrogen) atoms. The number of benzene rings is 1. The Morgan fingerprint density at radius 2 is 2.10 bits per heavy atom. The average molecular weight is 350 g/mol. The van der Waals surface area contributed by atoms with Gasteiger partial charge >= 0.3 is 0 Å². The number of aromatic nitrogens is 2. The molecule has 100 valence electrons. The molecule has 2 aromatic heterocycles. The molecule has 1 aromatic carbocycles. The van der Waals surface area contributed by atoms with Crippen molar-refractivity contribution in [1.82, 2.24) is 10.2 Å². The van der Waals surface area contributed by atoms with Crippen LogP contribution in [0.1, 0.15) is 10.4 Å². The van der Waals surface area contributed by atoms with Crippen molar-refractivity contribution in [1.29, 1.82) is 0 Å². The van der Waals surface area contributed by atoms with Crippen molar-refractivity contribution in [2.45, 2.75) is 0 Å². The summed E-state index contributed by atoms with van der Waals surface area (Å²) in [5.74, 6) is 0.308. The third kappa shape index (κ3) is 2.78. The van der Waals surface area contributed by atoms with Gasteiger partial charge in [-0.25, -0.2) is 0 Å². The second-order valence-corrected chi connectivity index (χ2v) is 6.21. The first-order valence-electron chi connectivity index (χ1n) is 5.64. The monoisotopic (exact) mass is 349 g/mol. The molecule has 3 rings (SSSR count). The van der Waals surface area contributed by atoms with Crippen molar-refractivity contribution < 1.29 is 9.21 Å². The van der Waals surface area contributed by atoms with Gasteiger partial charge in [-0.1, -0.05) is 0 Å². The predicted octanol–water partition coefficient (Wildman–Crippen LogP) is 3.81. The van der Waals surface area contributed by atoms with E-state index in [1.807, 2.05) is 12.1 Å². The van der Waals surface area contributed by atoms with Gasteiger partial charge in [0.25, 0.3) is 5.91 Å². The summed E-state index contributed by atoms with van der Waals surface area (Å²) in [6.07, 6.45) is 1.28. The van der Waals surface area contributed by atoms with Crippen molar-refractivity contribution in [3.05, 3.63) is 51.5 Å². The highest BCUT2D eigenvalue weighted by atomic mass is 79.9. The normalized spacial score (nSPS) is 10.4. The Kier molecular flexibility index (Phi) is 3.62. The zero-order valence-electron chi connectivity index (χ0n) is 10.0. The van der Waals surface area contributed by atoms with Gasteiger partial charge < -0.3 is 9.73 Å². The summed E-state index contributed by atoms with van der Waals surface area (Å²) < 4.78 is 6.02. The number of amides is 1. The topological polar surface area (TPSA) is 68.0 Å². The van der Waals surface area contributed by atoms with Crippen molar-refractivity contribution in [3.63, 3.8) is 0 Å². The number of hydrogen-bond donors (Lipinski definition) is 1. The van der Waals surface area contributed by atoms with Crippen LogP contribution in [0.15, 0.2) is 50.3 Å². The average Bonchev–Trinajstić information content (AvgIpc) is 3.10. The largest absolute Gasteiger partial charge is 0.423 e. The molecule has 3 aromatic rings. The molecule has 0 aliphatic carbocycles. The van der Waals surface area contributed by atoms with E-state index in [1.165, 1.54) is 17.7 Å². The minimum absolute atomic E-state index is 0.141. The maximum absolute atomic E-state index is 12.0. The number of rotatable bonds is 3. The summed E-state index contributed by atoms with van der Waals surface area (Å²) in [5, 5.41) is 12.1. The van der Waals surface area contributed by atoms with E-state index in [1.54, 1.807) is 23.6 Å². The predicted molar refractivity (Wildman–Crippen MR) is 79.7 cm³/mol. The van der Waals surface area contributed by atoms with E-state index >= 15 is 0 Å². The Morgan fingerprint density at radius 1 is 1.30 bits per heavy atom. The number of halogens is 1. The van der Waals surface area contributed by atoms with Crippen LogP contribution in [-0.4, -0.2) is 16.1 Å². The van der Waals surface area contributed by atoms with E-state index < -0.39 is 0 Å². The lowest BCUT2D eigenvalue weighted by Crippen LogP contribution is -2.10. The Labute approximate surface area is 126 Å². The molecule has 7 heteroatoms. The highest BCUT2D eigenvalue weighted by Gasteiger charge is 2.09. The number of carbonyl (C=O) groups is 1. The minimum Gasteiger partial charge on any atom is -0.423 e. The van der Waals surface area contributed by atoms with Crippen molar-refractivity contribution in [2.75, 3.05) is 5.32 Å². The molecular weight excluding hydrogens is 342 g/mol. The summed E-state index contributed by atoms with van der Waals surface area (Å²) in [4.78, 5) is 12.0. The number of carbonyl (C=O) groups excluding carboxylic acids is 1. The fourth-order valence-corrected chi connectivity index (χ4v) is 2.76. The zero-order valence-corrected chi connectivity index (χ0v) is 12.4. The van der Waals surface area contributed by atoms with Crippen LogP contribution in [0.3, 0.4) is 0 Å². The van der Waals surface area contributed by atoms with Gasteiger partial charge in [0.2, 0.25) is 12.3 Å². The number of thiophene rings is 1. The standard InChI is InChI=1S/C13H8BrN3O2S/c14-11-5-9(6-20-11)12(18)16-10-3-1-8(2-4-10)13-17-15-7-19-13/h1-7H,(H,16,18). The van der Waals surface area contributed by atoms with Crippen LogP contribution in [-0.2, 0) is 0 Å². The highest BCUT2D eigenvalue weighted by Crippen LogP contribution is 2.22. The van der Waals surface area contributed by atoms with Gasteiger partial charge in [-0.3, -0.25) is 4.79 Å². The Hall–Kier alpha value is -1.99. The van der Waals surface area contributed by atoms with Crippen molar-refractivity contribution >= 4 is 38.9 Å². The lowest BCUT2D eigenvalue weighted by molar-refractivity contribution is 0.102. The van der Waals surface area contributed by atoms with Crippen LogP contribution in [0.25, 0.3) is 11.5 Å². The van der Waals surface area contributed by atoms with Crippen LogP contribution in [0.5, 0.6) is 0 Å². The zero-order chi connectivity index (χ0) is 13.9. The smallest absolute Gasteiger partial charge is 0.256 e. The molecule has 0 atom stereocenters. The summed E-state index contributed by atoms with van der Waals surface area (Å²) >= 11 is 4.80. The molecule has 0 fully saturated rings. The summed E-state index contributed by atoms with van der Waals surface area (Å²) in [6, 6.07) is 8.99. The molecule has 5 nitrogen and oxygen atoms in total. The van der Waals surface area contributed by atoms with Gasteiger partial charge in [0.15, 0.2) is 0 Å². The van der Waals surface area contributed by atoms with Crippen molar-refractivity contribution in [3.8, 4) is 11.5 Å². The number of hydrogen-bond acceptors (Lipinski definition) is 5. The van der Waals surface area contributed by atoms with E-state index in [-0.39, 0.29) is 5.91 Å². The highest BCUT2D eigenvalue weighted by molar-refractivity contribution is 9.11. The van der Waals surface area contributed by atoms with Gasteiger partial charge in [0.05, 0.1) is 9.35 Å². The maximum atomic E-state index is 12.0. The van der Waals surface area contributed by atoms with Crippen LogP contribution in [0.4, 0.5) is 5.69 Å². The number of anilines is 1. The quantitative estimate of drug-likeness (QED) is 0.780. The van der Waals surface area contributed by atoms with Gasteiger partial charge in [-0.15, -0.1) is 21.5 Å². The molecule has 0 saturated heterocycles. The molecule has 0 unspecified atom stereocenters. The van der Waals surface area contributed by atoms with Crippen LogP contribution in [0, 0.1) is 0 Å². The van der Waals surface area contributed by atoms with E-state index in [0.717, 1.165) is 9.35 Å². The molecule has 1 N–H and O–H groups in total. The molecule has 0 aliphatic heterocycles. The summed E-state index contributed by atoms with van der Waals surface area (Å²) in [6.45, 7) is 0. The van der Waals surface area contributed by atoms with E-state index in [2.05, 4.69) is 31.4 Å². The Balaban J connectivity index is 1.74. The third-order valence-electron chi connectivity index (χ3n) is 2.58. The number of nitrogens with zero attached hydrogens (tertiary/aromatic N) is 2. The van der Waals surface area contributed by atoms with Gasteiger partial charge in [-0.05, 0) is 46.3 Å². The van der Waals surface area contributed by atoms with Gasteiger partial charge in [0, 0.05) is 16.6 Å². The van der Waals surface area contributed by atoms with E-state index in [0.29, 0.717) is 17.1 Å². The molecule has 0 spiro atoms. The molecule has 0 radical (unpaired) electrons. The van der Waals surface area contributed by atoms with Gasteiger partial charge in [-0.2, -0.15) is 0 Å². The van der Waals surface area contributed by atoms with E-state index in [9.17, 15) is 4.79 Å². The molecule has 0 saturated carbocycles. The van der Waals surface area contributed by atoms with Gasteiger partial charge in [0.1, 0.15) is 0 Å².